The second kappa shape index (κ2) is 6.71. The second-order valence-corrected chi connectivity index (χ2v) is 6.35. The third kappa shape index (κ3) is 3.10. The van der Waals surface area contributed by atoms with Gasteiger partial charge < -0.3 is 4.90 Å². The third-order valence-electron chi connectivity index (χ3n) is 4.49. The summed E-state index contributed by atoms with van der Waals surface area (Å²) in [4.78, 5) is 6.58. The molecule has 4 rings (SSSR count). The van der Waals surface area contributed by atoms with Crippen LogP contribution in [0.3, 0.4) is 0 Å². The number of H-pyrrole nitrogens is 1. The van der Waals surface area contributed by atoms with E-state index in [1.165, 1.54) is 18.2 Å². The number of hydrogen-bond acceptors (Lipinski definition) is 3. The average molecular weight is 352 g/mol. The number of rotatable bonds is 3. The molecule has 0 fully saturated rings. The molecular formula is C20H18F2N4. The fourth-order valence-electron chi connectivity index (χ4n) is 3.14. The molecule has 0 atom stereocenters. The van der Waals surface area contributed by atoms with Crippen molar-refractivity contribution in [1.82, 2.24) is 15.1 Å². The van der Waals surface area contributed by atoms with Crippen LogP contribution in [0.15, 0.2) is 41.4 Å². The van der Waals surface area contributed by atoms with Crippen molar-refractivity contribution in [3.8, 4) is 0 Å². The predicted molar refractivity (Wildman–Crippen MR) is 100 cm³/mol. The van der Waals surface area contributed by atoms with Crippen molar-refractivity contribution in [2.24, 2.45) is 4.99 Å². The predicted octanol–water partition coefficient (Wildman–Crippen LogP) is 4.09. The first kappa shape index (κ1) is 16.4. The van der Waals surface area contributed by atoms with E-state index < -0.39 is 0 Å². The molecule has 132 valence electrons. The molecule has 0 saturated carbocycles. The van der Waals surface area contributed by atoms with Crippen molar-refractivity contribution in [3.63, 3.8) is 0 Å². The first-order valence-electron chi connectivity index (χ1n) is 8.49. The van der Waals surface area contributed by atoms with Crippen LogP contribution in [0.5, 0.6) is 0 Å². The molecule has 6 heteroatoms. The van der Waals surface area contributed by atoms with E-state index in [-0.39, 0.29) is 11.6 Å². The average Bonchev–Trinajstić information content (AvgIpc) is 3.05. The first-order chi connectivity index (χ1) is 12.6. The summed E-state index contributed by atoms with van der Waals surface area (Å²) in [5, 5.41) is 7.66. The molecule has 0 spiro atoms. The summed E-state index contributed by atoms with van der Waals surface area (Å²) in [5.74, 6) is 0.163. The zero-order chi connectivity index (χ0) is 18.1. The minimum atomic E-state index is -0.354. The number of halogens is 2. The number of fused-ring (bicyclic) bond motifs is 1. The van der Waals surface area contributed by atoms with E-state index in [4.69, 9.17) is 0 Å². The van der Waals surface area contributed by atoms with Crippen molar-refractivity contribution in [3.05, 3.63) is 64.9 Å². The number of hydrogen-bond donors (Lipinski definition) is 1. The molecule has 0 bridgehead atoms. The van der Waals surface area contributed by atoms with Crippen LogP contribution in [0.4, 0.5) is 8.78 Å². The number of amidine groups is 1. The molecule has 4 nitrogen and oxygen atoms in total. The highest BCUT2D eigenvalue weighted by molar-refractivity contribution is 6.03. The SMILES string of the molecule is CN1CCCN=C1c1cc(F)c2[nH]nc(C=Cc3ccc(F)cc3)c2c1. The van der Waals surface area contributed by atoms with E-state index >= 15 is 0 Å². The Kier molecular flexibility index (Phi) is 4.24. The Labute approximate surface area is 149 Å². The van der Waals surface area contributed by atoms with Gasteiger partial charge in [-0.25, -0.2) is 8.78 Å². The molecule has 2 heterocycles. The lowest BCUT2D eigenvalue weighted by molar-refractivity contribution is 0.468. The molecule has 0 aliphatic carbocycles. The van der Waals surface area contributed by atoms with Crippen LogP contribution in [0.2, 0.25) is 0 Å². The van der Waals surface area contributed by atoms with Gasteiger partial charge in [0.15, 0.2) is 0 Å². The summed E-state index contributed by atoms with van der Waals surface area (Å²) in [5.41, 5.74) is 2.58. The van der Waals surface area contributed by atoms with Crippen LogP contribution >= 0.6 is 0 Å². The number of aliphatic imine (C=N–C) groups is 1. The van der Waals surface area contributed by atoms with Gasteiger partial charge in [-0.15, -0.1) is 0 Å². The van der Waals surface area contributed by atoms with Crippen molar-refractivity contribution >= 4 is 28.9 Å². The highest BCUT2D eigenvalue weighted by atomic mass is 19.1. The summed E-state index contributed by atoms with van der Waals surface area (Å²) >= 11 is 0. The number of benzene rings is 2. The first-order valence-corrected chi connectivity index (χ1v) is 8.49. The van der Waals surface area contributed by atoms with E-state index in [0.29, 0.717) is 16.6 Å². The maximum atomic E-state index is 14.5. The fraction of sp³-hybridized carbons (Fsp3) is 0.200. The molecule has 1 N–H and O–H groups in total. The molecule has 1 aliphatic heterocycles. The van der Waals surface area contributed by atoms with Gasteiger partial charge in [-0.3, -0.25) is 10.1 Å². The van der Waals surface area contributed by atoms with Crippen molar-refractivity contribution in [2.75, 3.05) is 20.1 Å². The van der Waals surface area contributed by atoms with Crippen LogP contribution < -0.4 is 0 Å². The van der Waals surface area contributed by atoms with Gasteiger partial charge in [0.05, 0.1) is 5.69 Å². The highest BCUT2D eigenvalue weighted by Gasteiger charge is 2.17. The largest absolute Gasteiger partial charge is 0.359 e. The summed E-state index contributed by atoms with van der Waals surface area (Å²) in [7, 11) is 1.96. The summed E-state index contributed by atoms with van der Waals surface area (Å²) in [6, 6.07) is 9.56. The van der Waals surface area contributed by atoms with Gasteiger partial charge in [-0.1, -0.05) is 18.2 Å². The quantitative estimate of drug-likeness (QED) is 0.771. The molecular weight excluding hydrogens is 334 g/mol. The van der Waals surface area contributed by atoms with Crippen LogP contribution in [0.1, 0.15) is 23.2 Å². The van der Waals surface area contributed by atoms with E-state index in [1.54, 1.807) is 18.2 Å². The normalized spacial score (nSPS) is 15.0. The van der Waals surface area contributed by atoms with Gasteiger partial charge in [0, 0.05) is 31.1 Å². The lowest BCUT2D eigenvalue weighted by atomic mass is 10.1. The monoisotopic (exact) mass is 352 g/mol. The Bertz CT molecular complexity index is 1000. The van der Waals surface area contributed by atoms with E-state index in [0.717, 1.165) is 36.5 Å². The zero-order valence-corrected chi connectivity index (χ0v) is 14.3. The minimum Gasteiger partial charge on any atom is -0.359 e. The van der Waals surface area contributed by atoms with Crippen LogP contribution in [0, 0.1) is 11.6 Å². The third-order valence-corrected chi connectivity index (χ3v) is 4.49. The molecule has 0 unspecified atom stereocenters. The minimum absolute atomic E-state index is 0.281. The molecule has 1 aromatic heterocycles. The smallest absolute Gasteiger partial charge is 0.149 e. The lowest BCUT2D eigenvalue weighted by Gasteiger charge is -2.25. The maximum Gasteiger partial charge on any atom is 0.149 e. The van der Waals surface area contributed by atoms with Gasteiger partial charge in [0.2, 0.25) is 0 Å². The maximum absolute atomic E-state index is 14.5. The van der Waals surface area contributed by atoms with Gasteiger partial charge >= 0.3 is 0 Å². The molecule has 26 heavy (non-hydrogen) atoms. The lowest BCUT2D eigenvalue weighted by Crippen LogP contribution is -2.32. The van der Waals surface area contributed by atoms with Crippen molar-refractivity contribution in [1.29, 1.82) is 0 Å². The standard InChI is InChI=1S/C20H18F2N4/c1-26-10-2-9-23-20(26)14-11-16-18(24-25-19(16)17(22)12-14)8-5-13-3-6-15(21)7-4-13/h3-8,11-12H,2,9-10H2,1H3,(H,24,25). The molecule has 1 aliphatic rings. The van der Waals surface area contributed by atoms with E-state index in [9.17, 15) is 8.78 Å². The molecule has 0 saturated heterocycles. The molecule has 2 aromatic carbocycles. The number of aromatic nitrogens is 2. The van der Waals surface area contributed by atoms with Gasteiger partial charge in [-0.2, -0.15) is 5.10 Å². The topological polar surface area (TPSA) is 44.3 Å². The van der Waals surface area contributed by atoms with Gasteiger partial charge in [0.1, 0.15) is 23.0 Å². The van der Waals surface area contributed by atoms with Crippen LogP contribution in [0.25, 0.3) is 23.1 Å². The summed E-state index contributed by atoms with van der Waals surface area (Å²) in [6.07, 6.45) is 4.62. The van der Waals surface area contributed by atoms with Crippen molar-refractivity contribution in [2.45, 2.75) is 6.42 Å². The van der Waals surface area contributed by atoms with E-state index in [2.05, 4.69) is 15.2 Å². The Balaban J connectivity index is 1.74. The Morgan fingerprint density at radius 1 is 1.12 bits per heavy atom. The Hall–Kier alpha value is -3.02. The van der Waals surface area contributed by atoms with Gasteiger partial charge in [-0.05, 0) is 42.3 Å². The van der Waals surface area contributed by atoms with Crippen molar-refractivity contribution < 1.29 is 8.78 Å². The van der Waals surface area contributed by atoms with E-state index in [1.807, 2.05) is 24.1 Å². The van der Waals surface area contributed by atoms with Crippen LogP contribution in [-0.2, 0) is 0 Å². The van der Waals surface area contributed by atoms with Crippen LogP contribution in [-0.4, -0.2) is 41.1 Å². The fourth-order valence-corrected chi connectivity index (χ4v) is 3.14. The number of aromatic amines is 1. The Morgan fingerprint density at radius 3 is 2.69 bits per heavy atom. The second-order valence-electron chi connectivity index (χ2n) is 6.35. The Morgan fingerprint density at radius 2 is 1.92 bits per heavy atom. The molecule has 3 aromatic rings. The van der Waals surface area contributed by atoms with Gasteiger partial charge in [0.25, 0.3) is 0 Å². The molecule has 0 amide bonds. The summed E-state index contributed by atoms with van der Waals surface area (Å²) < 4.78 is 27.5. The summed E-state index contributed by atoms with van der Waals surface area (Å²) in [6.45, 7) is 1.66. The number of nitrogens with one attached hydrogen (secondary N) is 1. The molecule has 0 radical (unpaired) electrons. The number of nitrogens with zero attached hydrogens (tertiary/aromatic N) is 3. The zero-order valence-electron chi connectivity index (χ0n) is 14.3. The highest BCUT2D eigenvalue weighted by Crippen LogP contribution is 2.24.